The van der Waals surface area contributed by atoms with Crippen LogP contribution in [0.2, 0.25) is 0 Å². The molecule has 1 aliphatic heterocycles. The van der Waals surface area contributed by atoms with E-state index in [0.717, 1.165) is 31.9 Å². The van der Waals surface area contributed by atoms with Gasteiger partial charge in [-0.15, -0.1) is 0 Å². The van der Waals surface area contributed by atoms with E-state index < -0.39 is 0 Å². The van der Waals surface area contributed by atoms with Gasteiger partial charge in [0.15, 0.2) is 5.82 Å². The third kappa shape index (κ3) is 5.36. The number of aromatic nitrogens is 2. The van der Waals surface area contributed by atoms with Crippen molar-refractivity contribution in [3.63, 3.8) is 0 Å². The van der Waals surface area contributed by atoms with E-state index >= 15 is 0 Å². The van der Waals surface area contributed by atoms with Crippen molar-refractivity contribution in [2.24, 2.45) is 0 Å². The second kappa shape index (κ2) is 9.26. The largest absolute Gasteiger partial charge is 0.338 e. The fourth-order valence-corrected chi connectivity index (χ4v) is 3.15. The Morgan fingerprint density at radius 2 is 1.93 bits per heavy atom. The molecule has 0 saturated carbocycles. The van der Waals surface area contributed by atoms with Gasteiger partial charge in [-0.3, -0.25) is 14.6 Å². The second-order valence-corrected chi connectivity index (χ2v) is 6.58. The van der Waals surface area contributed by atoms with E-state index in [-0.39, 0.29) is 5.91 Å². The lowest BCUT2D eigenvalue weighted by Gasteiger charge is -2.34. The van der Waals surface area contributed by atoms with E-state index in [4.69, 9.17) is 9.78 Å². The van der Waals surface area contributed by atoms with E-state index in [1.54, 1.807) is 11.8 Å². The number of benzene rings is 1. The highest BCUT2D eigenvalue weighted by molar-refractivity contribution is 5.94. The zero-order valence-electron chi connectivity index (χ0n) is 15.5. The van der Waals surface area contributed by atoms with E-state index in [9.17, 15) is 4.79 Å². The summed E-state index contributed by atoms with van der Waals surface area (Å²) >= 11 is 0. The molecule has 27 heavy (non-hydrogen) atoms. The minimum atomic E-state index is 0.0254. The molecule has 0 N–H and O–H groups in total. The molecule has 1 aromatic carbocycles. The van der Waals surface area contributed by atoms with Crippen LogP contribution in [0.15, 0.2) is 34.9 Å². The monoisotopic (exact) mass is 368 g/mol. The van der Waals surface area contributed by atoms with E-state index in [0.29, 0.717) is 37.8 Å². The molecule has 8 heteroatoms. The molecule has 0 atom stereocenters. The molecule has 1 aliphatic rings. The van der Waals surface area contributed by atoms with Crippen molar-refractivity contribution < 1.29 is 9.32 Å². The Labute approximate surface area is 159 Å². The Kier molecular flexibility index (Phi) is 6.52. The van der Waals surface area contributed by atoms with Crippen LogP contribution in [0.3, 0.4) is 0 Å². The number of piperazine rings is 1. The summed E-state index contributed by atoms with van der Waals surface area (Å²) in [5, 5.41) is 12.7. The Hall–Kier alpha value is -2.76. The Morgan fingerprint density at radius 1 is 1.22 bits per heavy atom. The van der Waals surface area contributed by atoms with Gasteiger partial charge in [-0.2, -0.15) is 10.2 Å². The molecule has 1 amide bonds. The van der Waals surface area contributed by atoms with Gasteiger partial charge in [-0.05, 0) is 19.1 Å². The molecule has 1 fully saturated rings. The van der Waals surface area contributed by atoms with E-state index in [1.165, 1.54) is 0 Å². The highest BCUT2D eigenvalue weighted by Gasteiger charge is 2.23. The van der Waals surface area contributed by atoms with Gasteiger partial charge in [0.2, 0.25) is 11.8 Å². The van der Waals surface area contributed by atoms with Crippen LogP contribution in [-0.4, -0.2) is 65.1 Å². The summed E-state index contributed by atoms with van der Waals surface area (Å²) in [5.41, 5.74) is 0.836. The highest BCUT2D eigenvalue weighted by atomic mass is 16.5. The average molecular weight is 368 g/mol. The number of para-hydroxylation sites is 1. The predicted octanol–water partition coefficient (Wildman–Crippen LogP) is 1.44. The van der Waals surface area contributed by atoms with Gasteiger partial charge in [0.05, 0.1) is 25.6 Å². The maximum Gasteiger partial charge on any atom is 0.241 e. The first-order valence-corrected chi connectivity index (χ1v) is 9.12. The fourth-order valence-electron chi connectivity index (χ4n) is 3.15. The van der Waals surface area contributed by atoms with Crippen LogP contribution in [0.4, 0.5) is 5.69 Å². The van der Waals surface area contributed by atoms with Crippen molar-refractivity contribution in [1.82, 2.24) is 19.9 Å². The van der Waals surface area contributed by atoms with Crippen molar-refractivity contribution in [1.29, 1.82) is 5.26 Å². The summed E-state index contributed by atoms with van der Waals surface area (Å²) in [4.78, 5) is 23.2. The first-order valence-electron chi connectivity index (χ1n) is 9.12. The third-order valence-electron chi connectivity index (χ3n) is 4.57. The van der Waals surface area contributed by atoms with Crippen molar-refractivity contribution in [2.75, 3.05) is 44.2 Å². The molecular weight excluding hydrogens is 344 g/mol. The number of aryl methyl sites for hydroxylation is 1. The van der Waals surface area contributed by atoms with Crippen LogP contribution >= 0.6 is 0 Å². The maximum atomic E-state index is 12.8. The van der Waals surface area contributed by atoms with Gasteiger partial charge < -0.3 is 9.42 Å². The van der Waals surface area contributed by atoms with Gasteiger partial charge in [-0.1, -0.05) is 23.4 Å². The summed E-state index contributed by atoms with van der Waals surface area (Å²) in [6.07, 6.45) is 0.317. The number of hydrogen-bond donors (Lipinski definition) is 0. The molecule has 0 radical (unpaired) electrons. The summed E-state index contributed by atoms with van der Waals surface area (Å²) in [5.74, 6) is 1.30. The van der Waals surface area contributed by atoms with Crippen molar-refractivity contribution >= 4 is 11.6 Å². The molecule has 0 spiro atoms. The summed E-state index contributed by atoms with van der Waals surface area (Å²) in [6.45, 7) is 6.52. The lowest BCUT2D eigenvalue weighted by atomic mass is 10.2. The number of carbonyl (C=O) groups is 1. The summed E-state index contributed by atoms with van der Waals surface area (Å²) in [6, 6.07) is 11.7. The van der Waals surface area contributed by atoms with Crippen LogP contribution in [0.1, 0.15) is 18.1 Å². The van der Waals surface area contributed by atoms with Crippen LogP contribution < -0.4 is 4.90 Å². The number of nitriles is 1. The summed E-state index contributed by atoms with van der Waals surface area (Å²) < 4.78 is 5.17. The lowest BCUT2D eigenvalue weighted by Crippen LogP contribution is -2.50. The molecule has 3 rings (SSSR count). The lowest BCUT2D eigenvalue weighted by molar-refractivity contribution is -0.120. The van der Waals surface area contributed by atoms with Gasteiger partial charge >= 0.3 is 0 Å². The number of nitrogens with zero attached hydrogens (tertiary/aromatic N) is 6. The second-order valence-electron chi connectivity index (χ2n) is 6.58. The number of anilines is 1. The van der Waals surface area contributed by atoms with Crippen LogP contribution in [-0.2, 0) is 11.3 Å². The smallest absolute Gasteiger partial charge is 0.241 e. The first kappa shape index (κ1) is 19.0. The normalized spacial score (nSPS) is 15.4. The van der Waals surface area contributed by atoms with Gasteiger partial charge in [-0.25, -0.2) is 0 Å². The topological polar surface area (TPSA) is 89.5 Å². The molecule has 0 bridgehead atoms. The van der Waals surface area contributed by atoms with Gasteiger partial charge in [0.25, 0.3) is 0 Å². The average Bonchev–Trinajstić information content (AvgIpc) is 3.09. The van der Waals surface area contributed by atoms with Gasteiger partial charge in [0.1, 0.15) is 0 Å². The van der Waals surface area contributed by atoms with Crippen LogP contribution in [0.25, 0.3) is 0 Å². The third-order valence-corrected chi connectivity index (χ3v) is 4.57. The first-order chi connectivity index (χ1) is 13.2. The molecule has 1 aromatic heterocycles. The Morgan fingerprint density at radius 3 is 2.56 bits per heavy atom. The molecule has 142 valence electrons. The molecule has 0 aliphatic carbocycles. The van der Waals surface area contributed by atoms with E-state index in [2.05, 4.69) is 26.0 Å². The van der Waals surface area contributed by atoms with E-state index in [1.807, 2.05) is 30.3 Å². The number of hydrogen-bond acceptors (Lipinski definition) is 7. The fraction of sp³-hybridized carbons (Fsp3) is 0.474. The van der Waals surface area contributed by atoms with Crippen molar-refractivity contribution in [2.45, 2.75) is 19.9 Å². The highest BCUT2D eigenvalue weighted by Crippen LogP contribution is 2.15. The van der Waals surface area contributed by atoms with Crippen LogP contribution in [0, 0.1) is 18.3 Å². The Balaban J connectivity index is 1.52. The summed E-state index contributed by atoms with van der Waals surface area (Å²) in [7, 11) is 0. The molecule has 2 heterocycles. The van der Waals surface area contributed by atoms with Gasteiger partial charge in [0, 0.05) is 38.4 Å². The maximum absolute atomic E-state index is 12.8. The standard InChI is InChI=1S/C19H24N6O2/c1-16-21-18(27-22-16)14-23-10-12-24(13-11-23)15-19(26)25(9-5-8-20)17-6-3-2-4-7-17/h2-4,6-7H,5,9-15H2,1H3. The predicted molar refractivity (Wildman–Crippen MR) is 99.8 cm³/mol. The zero-order chi connectivity index (χ0) is 19.1. The minimum Gasteiger partial charge on any atom is -0.338 e. The van der Waals surface area contributed by atoms with Crippen molar-refractivity contribution in [3.8, 4) is 6.07 Å². The molecule has 1 saturated heterocycles. The molecule has 8 nitrogen and oxygen atoms in total. The minimum absolute atomic E-state index is 0.0254. The van der Waals surface area contributed by atoms with Crippen LogP contribution in [0.5, 0.6) is 0 Å². The van der Waals surface area contributed by atoms with Crippen molar-refractivity contribution in [3.05, 3.63) is 42.0 Å². The number of carbonyl (C=O) groups excluding carboxylic acids is 1. The Bertz CT molecular complexity index is 777. The quantitative estimate of drug-likeness (QED) is 0.730. The molecular formula is C19H24N6O2. The SMILES string of the molecule is Cc1noc(CN2CCN(CC(=O)N(CCC#N)c3ccccc3)CC2)n1. The zero-order valence-corrected chi connectivity index (χ0v) is 15.5. The number of rotatable bonds is 7. The molecule has 0 unspecified atom stereocenters. The number of amides is 1. The molecule has 2 aromatic rings.